The van der Waals surface area contributed by atoms with Gasteiger partial charge in [-0.1, -0.05) is 69.9 Å². The number of aliphatic imine (C=N–C) groups is 1. The quantitative estimate of drug-likeness (QED) is 0.644. The van der Waals surface area contributed by atoms with E-state index in [1.165, 1.54) is 49.8 Å². The van der Waals surface area contributed by atoms with Crippen molar-refractivity contribution in [2.24, 2.45) is 15.8 Å². The average molecular weight is 255 g/mol. The Morgan fingerprint density at radius 3 is 2.58 bits per heavy atom. The fourth-order valence-electron chi connectivity index (χ4n) is 3.94. The molecular weight excluding hydrogens is 230 g/mol. The summed E-state index contributed by atoms with van der Waals surface area (Å²) in [4.78, 5) is 4.90. The molecule has 0 saturated heterocycles. The van der Waals surface area contributed by atoms with Crippen LogP contribution >= 0.6 is 0 Å². The Morgan fingerprint density at radius 2 is 1.89 bits per heavy atom. The van der Waals surface area contributed by atoms with E-state index >= 15 is 0 Å². The van der Waals surface area contributed by atoms with Gasteiger partial charge in [0.25, 0.3) is 0 Å². The van der Waals surface area contributed by atoms with Gasteiger partial charge in [0.1, 0.15) is 0 Å². The molecule has 1 aromatic rings. The minimum Gasteiger partial charge on any atom is -0.288 e. The highest BCUT2D eigenvalue weighted by molar-refractivity contribution is 6.08. The van der Waals surface area contributed by atoms with Gasteiger partial charge < -0.3 is 0 Å². The van der Waals surface area contributed by atoms with Crippen LogP contribution in [0, 0.1) is 10.8 Å². The zero-order chi connectivity index (χ0) is 13.3. The first kappa shape index (κ1) is 12.9. The molecule has 1 nitrogen and oxygen atoms in total. The average Bonchev–Trinajstić information content (AvgIpc) is 2.92. The standard InChI is InChI=1S/C18H25N/c1-3-4-5-9-12-18-13-17(18,2)16(19-14-18)15-10-7-6-8-11-15/h6-8,10-11H,3-5,9,12-14H2,1-2H3. The summed E-state index contributed by atoms with van der Waals surface area (Å²) in [6.07, 6.45) is 8.24. The van der Waals surface area contributed by atoms with E-state index in [1.54, 1.807) is 0 Å². The van der Waals surface area contributed by atoms with Crippen molar-refractivity contribution in [1.29, 1.82) is 0 Å². The van der Waals surface area contributed by atoms with Gasteiger partial charge >= 0.3 is 0 Å². The van der Waals surface area contributed by atoms with Crippen molar-refractivity contribution in [2.45, 2.75) is 52.4 Å². The third-order valence-corrected chi connectivity index (χ3v) is 5.36. The van der Waals surface area contributed by atoms with Gasteiger partial charge in [-0.25, -0.2) is 0 Å². The maximum atomic E-state index is 4.90. The molecular formula is C18H25N. The number of hydrogen-bond acceptors (Lipinski definition) is 1. The predicted octanol–water partition coefficient (Wildman–Crippen LogP) is 4.86. The zero-order valence-corrected chi connectivity index (χ0v) is 12.3. The molecule has 0 N–H and O–H groups in total. The maximum absolute atomic E-state index is 4.90. The van der Waals surface area contributed by atoms with E-state index < -0.39 is 0 Å². The number of nitrogens with zero attached hydrogens (tertiary/aromatic N) is 1. The molecule has 0 radical (unpaired) electrons. The number of benzene rings is 1. The second kappa shape index (κ2) is 4.77. The van der Waals surface area contributed by atoms with Crippen LogP contribution in [-0.2, 0) is 0 Å². The van der Waals surface area contributed by atoms with Crippen LogP contribution in [-0.4, -0.2) is 12.3 Å². The first-order chi connectivity index (χ1) is 9.22. The SMILES string of the molecule is CCCCCCC12CN=C(c3ccccc3)C1(C)C2. The van der Waals surface area contributed by atoms with Gasteiger partial charge in [0, 0.05) is 23.1 Å². The minimum absolute atomic E-state index is 0.376. The number of hydrogen-bond donors (Lipinski definition) is 0. The Kier molecular flexibility index (Phi) is 3.24. The van der Waals surface area contributed by atoms with E-state index in [9.17, 15) is 0 Å². The van der Waals surface area contributed by atoms with E-state index in [4.69, 9.17) is 4.99 Å². The molecule has 1 fully saturated rings. The Bertz CT molecular complexity index is 476. The smallest absolute Gasteiger partial charge is 0.0486 e. The Morgan fingerprint density at radius 1 is 1.11 bits per heavy atom. The highest BCUT2D eigenvalue weighted by Crippen LogP contribution is 2.70. The lowest BCUT2D eigenvalue weighted by Crippen LogP contribution is -2.16. The van der Waals surface area contributed by atoms with Crippen molar-refractivity contribution in [2.75, 3.05) is 6.54 Å². The normalized spacial score (nSPS) is 32.0. The van der Waals surface area contributed by atoms with E-state index in [-0.39, 0.29) is 0 Å². The summed E-state index contributed by atoms with van der Waals surface area (Å²) in [7, 11) is 0. The molecule has 2 atom stereocenters. The van der Waals surface area contributed by atoms with E-state index in [1.807, 2.05) is 0 Å². The molecule has 1 heterocycles. The van der Waals surface area contributed by atoms with Crippen molar-refractivity contribution in [3.05, 3.63) is 35.9 Å². The third-order valence-electron chi connectivity index (χ3n) is 5.36. The summed E-state index contributed by atoms with van der Waals surface area (Å²) in [5, 5.41) is 0. The van der Waals surface area contributed by atoms with Crippen molar-refractivity contribution >= 4 is 5.71 Å². The van der Waals surface area contributed by atoms with Crippen LogP contribution in [0.2, 0.25) is 0 Å². The first-order valence-corrected chi connectivity index (χ1v) is 7.82. The fourth-order valence-corrected chi connectivity index (χ4v) is 3.94. The van der Waals surface area contributed by atoms with Crippen LogP contribution < -0.4 is 0 Å². The molecule has 1 aliphatic carbocycles. The Balaban J connectivity index is 1.67. The molecule has 1 saturated carbocycles. The molecule has 2 aliphatic rings. The van der Waals surface area contributed by atoms with E-state index in [0.29, 0.717) is 10.8 Å². The molecule has 102 valence electrons. The summed E-state index contributed by atoms with van der Waals surface area (Å²) in [6.45, 7) is 5.79. The van der Waals surface area contributed by atoms with Crippen LogP contribution in [0.1, 0.15) is 57.9 Å². The second-order valence-electron chi connectivity index (χ2n) is 6.63. The Hall–Kier alpha value is -1.11. The van der Waals surface area contributed by atoms with Crippen molar-refractivity contribution < 1.29 is 0 Å². The van der Waals surface area contributed by atoms with Crippen LogP contribution in [0.25, 0.3) is 0 Å². The van der Waals surface area contributed by atoms with Gasteiger partial charge in [-0.3, -0.25) is 4.99 Å². The summed E-state index contributed by atoms with van der Waals surface area (Å²) in [5.41, 5.74) is 3.62. The number of fused-ring (bicyclic) bond motifs is 1. The molecule has 0 amide bonds. The molecule has 1 aromatic carbocycles. The zero-order valence-electron chi connectivity index (χ0n) is 12.3. The summed E-state index contributed by atoms with van der Waals surface area (Å²) in [6, 6.07) is 10.8. The lowest BCUT2D eigenvalue weighted by molar-refractivity contribution is 0.407. The molecule has 1 aliphatic heterocycles. The van der Waals surface area contributed by atoms with Gasteiger partial charge in [-0.15, -0.1) is 0 Å². The maximum Gasteiger partial charge on any atom is 0.0486 e. The number of rotatable bonds is 6. The summed E-state index contributed by atoms with van der Waals surface area (Å²) >= 11 is 0. The van der Waals surface area contributed by atoms with Gasteiger partial charge in [0.15, 0.2) is 0 Å². The van der Waals surface area contributed by atoms with Crippen LogP contribution in [0.4, 0.5) is 0 Å². The second-order valence-corrected chi connectivity index (χ2v) is 6.63. The minimum atomic E-state index is 0.376. The third kappa shape index (κ3) is 2.04. The highest BCUT2D eigenvalue weighted by atomic mass is 14.9. The summed E-state index contributed by atoms with van der Waals surface area (Å²) < 4.78 is 0. The molecule has 2 unspecified atom stereocenters. The Labute approximate surface area is 117 Å². The highest BCUT2D eigenvalue weighted by Gasteiger charge is 2.68. The molecule has 0 aromatic heterocycles. The van der Waals surface area contributed by atoms with Crippen molar-refractivity contribution in [1.82, 2.24) is 0 Å². The van der Waals surface area contributed by atoms with Gasteiger partial charge in [0.05, 0.1) is 0 Å². The molecule has 3 rings (SSSR count). The number of unbranched alkanes of at least 4 members (excludes halogenated alkanes) is 3. The predicted molar refractivity (Wildman–Crippen MR) is 81.8 cm³/mol. The van der Waals surface area contributed by atoms with Crippen LogP contribution in [0.5, 0.6) is 0 Å². The molecule has 19 heavy (non-hydrogen) atoms. The van der Waals surface area contributed by atoms with Crippen LogP contribution in [0.15, 0.2) is 35.3 Å². The lowest BCUT2D eigenvalue weighted by Gasteiger charge is -2.15. The van der Waals surface area contributed by atoms with E-state index in [0.717, 1.165) is 6.54 Å². The molecule has 1 heteroatoms. The lowest BCUT2D eigenvalue weighted by atomic mass is 9.86. The molecule has 0 spiro atoms. The van der Waals surface area contributed by atoms with Gasteiger partial charge in [-0.2, -0.15) is 0 Å². The summed E-state index contributed by atoms with van der Waals surface area (Å²) in [5.74, 6) is 0. The van der Waals surface area contributed by atoms with Crippen molar-refractivity contribution in [3.63, 3.8) is 0 Å². The van der Waals surface area contributed by atoms with Gasteiger partial charge in [-0.05, 0) is 18.4 Å². The first-order valence-electron chi connectivity index (χ1n) is 7.82. The monoisotopic (exact) mass is 255 g/mol. The van der Waals surface area contributed by atoms with E-state index in [2.05, 4.69) is 44.2 Å². The van der Waals surface area contributed by atoms with Gasteiger partial charge in [0.2, 0.25) is 0 Å². The van der Waals surface area contributed by atoms with Crippen LogP contribution in [0.3, 0.4) is 0 Å². The molecule has 0 bridgehead atoms. The fraction of sp³-hybridized carbons (Fsp3) is 0.611. The topological polar surface area (TPSA) is 12.4 Å². The largest absolute Gasteiger partial charge is 0.288 e. The van der Waals surface area contributed by atoms with Crippen molar-refractivity contribution in [3.8, 4) is 0 Å².